The van der Waals surface area contributed by atoms with Crippen molar-refractivity contribution < 1.29 is 9.84 Å². The molecule has 0 saturated heterocycles. The summed E-state index contributed by atoms with van der Waals surface area (Å²) in [6, 6.07) is 13.8. The van der Waals surface area contributed by atoms with Crippen LogP contribution in [0.4, 0.5) is 0 Å². The molecular weight excluding hydrogens is 286 g/mol. The molecule has 4 heteroatoms. The highest BCUT2D eigenvalue weighted by atomic mass is 35.5. The van der Waals surface area contributed by atoms with E-state index in [1.807, 2.05) is 42.5 Å². The highest BCUT2D eigenvalue weighted by Crippen LogP contribution is 2.33. The van der Waals surface area contributed by atoms with Crippen molar-refractivity contribution in [1.29, 1.82) is 0 Å². The fraction of sp³-hybridized carbons (Fsp3) is 0.294. The van der Waals surface area contributed by atoms with Crippen molar-refractivity contribution in [3.8, 4) is 11.5 Å². The summed E-state index contributed by atoms with van der Waals surface area (Å²) in [6.07, 6.45) is 2.50. The summed E-state index contributed by atoms with van der Waals surface area (Å²) in [4.78, 5) is 0. The first-order chi connectivity index (χ1) is 10.3. The molecule has 2 aromatic carbocycles. The Balaban J connectivity index is 1.78. The van der Waals surface area contributed by atoms with Crippen LogP contribution in [0.3, 0.4) is 0 Å². The molecule has 21 heavy (non-hydrogen) atoms. The highest BCUT2D eigenvalue weighted by Gasteiger charge is 2.21. The Bertz CT molecular complexity index is 609. The van der Waals surface area contributed by atoms with Gasteiger partial charge in [-0.05, 0) is 36.6 Å². The van der Waals surface area contributed by atoms with Crippen molar-refractivity contribution in [3.05, 3.63) is 58.6 Å². The van der Waals surface area contributed by atoms with Crippen LogP contribution in [0.1, 0.15) is 24.0 Å². The molecule has 2 N–H and O–H groups in total. The quantitative estimate of drug-likeness (QED) is 0.851. The van der Waals surface area contributed by atoms with Crippen molar-refractivity contribution in [3.63, 3.8) is 0 Å². The molecule has 0 unspecified atom stereocenters. The minimum Gasteiger partial charge on any atom is -0.455 e. The number of ether oxygens (including phenoxy) is 1. The van der Waals surface area contributed by atoms with Gasteiger partial charge in [-0.3, -0.25) is 0 Å². The van der Waals surface area contributed by atoms with Crippen LogP contribution < -0.4 is 10.1 Å². The van der Waals surface area contributed by atoms with Gasteiger partial charge in [0.1, 0.15) is 11.5 Å². The number of hydrogen-bond acceptors (Lipinski definition) is 3. The molecule has 1 aliphatic carbocycles. The lowest BCUT2D eigenvalue weighted by atomic mass is 10.2. The largest absolute Gasteiger partial charge is 0.455 e. The van der Waals surface area contributed by atoms with Gasteiger partial charge in [0, 0.05) is 18.2 Å². The predicted octanol–water partition coefficient (Wildman–Crippen LogP) is 3.88. The van der Waals surface area contributed by atoms with Gasteiger partial charge in [-0.1, -0.05) is 35.9 Å². The molecule has 0 spiro atoms. The van der Waals surface area contributed by atoms with Crippen LogP contribution in [0.25, 0.3) is 0 Å². The third kappa shape index (κ3) is 3.76. The van der Waals surface area contributed by atoms with Gasteiger partial charge in [0.25, 0.3) is 0 Å². The zero-order valence-corrected chi connectivity index (χ0v) is 12.4. The van der Waals surface area contributed by atoms with Crippen molar-refractivity contribution in [1.82, 2.24) is 5.32 Å². The second-order valence-electron chi connectivity index (χ2n) is 5.29. The van der Waals surface area contributed by atoms with Crippen LogP contribution in [0, 0.1) is 0 Å². The summed E-state index contributed by atoms with van der Waals surface area (Å²) in [7, 11) is 0. The van der Waals surface area contributed by atoms with E-state index in [2.05, 4.69) is 5.32 Å². The number of rotatable bonds is 6. The van der Waals surface area contributed by atoms with E-state index >= 15 is 0 Å². The number of benzene rings is 2. The maximum atomic E-state index is 9.06. The van der Waals surface area contributed by atoms with Gasteiger partial charge >= 0.3 is 0 Å². The van der Waals surface area contributed by atoms with Gasteiger partial charge in [0.05, 0.1) is 11.6 Å². The van der Waals surface area contributed by atoms with Crippen molar-refractivity contribution >= 4 is 11.6 Å². The fourth-order valence-corrected chi connectivity index (χ4v) is 2.36. The summed E-state index contributed by atoms with van der Waals surface area (Å²) >= 11 is 6.28. The minimum absolute atomic E-state index is 0.0307. The Hall–Kier alpha value is -1.55. The smallest absolute Gasteiger partial charge is 0.150 e. The molecule has 3 nitrogen and oxygen atoms in total. The molecule has 0 radical (unpaired) electrons. The maximum absolute atomic E-state index is 9.06. The number of hydrogen-bond donors (Lipinski definition) is 2. The third-order valence-corrected chi connectivity index (χ3v) is 3.83. The average Bonchev–Trinajstić information content (AvgIpc) is 3.33. The highest BCUT2D eigenvalue weighted by molar-refractivity contribution is 6.32. The van der Waals surface area contributed by atoms with Crippen LogP contribution in [0.2, 0.25) is 5.02 Å². The van der Waals surface area contributed by atoms with E-state index in [0.29, 0.717) is 22.6 Å². The summed E-state index contributed by atoms with van der Waals surface area (Å²) in [5.41, 5.74) is 1.91. The Morgan fingerprint density at radius 2 is 1.90 bits per heavy atom. The second kappa shape index (κ2) is 6.48. The first kappa shape index (κ1) is 14.4. The van der Waals surface area contributed by atoms with E-state index in [0.717, 1.165) is 17.7 Å². The van der Waals surface area contributed by atoms with Crippen molar-refractivity contribution in [2.24, 2.45) is 0 Å². The first-order valence-corrected chi connectivity index (χ1v) is 7.52. The molecule has 1 saturated carbocycles. The number of para-hydroxylation sites is 1. The number of aliphatic hydroxyl groups is 1. The van der Waals surface area contributed by atoms with Crippen molar-refractivity contribution in [2.75, 3.05) is 0 Å². The maximum Gasteiger partial charge on any atom is 0.150 e. The second-order valence-corrected chi connectivity index (χ2v) is 5.69. The molecule has 110 valence electrons. The Labute approximate surface area is 129 Å². The topological polar surface area (TPSA) is 41.5 Å². The van der Waals surface area contributed by atoms with Crippen LogP contribution in [-0.2, 0) is 13.2 Å². The van der Waals surface area contributed by atoms with E-state index in [-0.39, 0.29) is 6.61 Å². The lowest BCUT2D eigenvalue weighted by Gasteiger charge is -2.13. The predicted molar refractivity (Wildman–Crippen MR) is 83.8 cm³/mol. The number of nitrogens with one attached hydrogen (secondary N) is 1. The zero-order chi connectivity index (χ0) is 14.7. The van der Waals surface area contributed by atoms with Gasteiger partial charge < -0.3 is 15.2 Å². The fourth-order valence-electron chi connectivity index (χ4n) is 2.13. The van der Waals surface area contributed by atoms with Crippen LogP contribution >= 0.6 is 11.6 Å². The number of halogens is 1. The van der Waals surface area contributed by atoms with Gasteiger partial charge in [-0.2, -0.15) is 0 Å². The molecule has 3 rings (SSSR count). The standard InChI is InChI=1S/C17H18ClNO2/c18-16-3-1-2-13(10-19-14-6-7-14)17(16)21-15-8-4-12(11-20)5-9-15/h1-5,8-9,14,19-20H,6-7,10-11H2. The summed E-state index contributed by atoms with van der Waals surface area (Å²) < 4.78 is 5.94. The van der Waals surface area contributed by atoms with Gasteiger partial charge in [0.15, 0.2) is 0 Å². The minimum atomic E-state index is 0.0307. The summed E-state index contributed by atoms with van der Waals surface area (Å²) in [6.45, 7) is 0.790. The molecule has 0 bridgehead atoms. The SMILES string of the molecule is OCc1ccc(Oc2c(Cl)cccc2CNC2CC2)cc1. The molecule has 0 heterocycles. The Morgan fingerprint density at radius 1 is 1.14 bits per heavy atom. The molecule has 0 aromatic heterocycles. The lowest BCUT2D eigenvalue weighted by molar-refractivity contribution is 0.281. The number of aliphatic hydroxyl groups excluding tert-OH is 1. The van der Waals surface area contributed by atoms with E-state index < -0.39 is 0 Å². The lowest BCUT2D eigenvalue weighted by Crippen LogP contribution is -2.15. The van der Waals surface area contributed by atoms with Crippen LogP contribution in [0.5, 0.6) is 11.5 Å². The summed E-state index contributed by atoms with van der Waals surface area (Å²) in [5, 5.41) is 13.1. The molecule has 0 amide bonds. The van der Waals surface area contributed by atoms with Crippen LogP contribution in [-0.4, -0.2) is 11.1 Å². The van der Waals surface area contributed by atoms with Gasteiger partial charge in [-0.15, -0.1) is 0 Å². The zero-order valence-electron chi connectivity index (χ0n) is 11.7. The average molecular weight is 304 g/mol. The molecule has 1 fully saturated rings. The molecule has 0 aliphatic heterocycles. The molecule has 1 aliphatic rings. The molecule has 0 atom stereocenters. The van der Waals surface area contributed by atoms with Crippen LogP contribution in [0.15, 0.2) is 42.5 Å². The third-order valence-electron chi connectivity index (χ3n) is 3.53. The monoisotopic (exact) mass is 303 g/mol. The van der Waals surface area contributed by atoms with E-state index in [1.54, 1.807) is 0 Å². The van der Waals surface area contributed by atoms with E-state index in [1.165, 1.54) is 12.8 Å². The Kier molecular flexibility index (Phi) is 4.44. The van der Waals surface area contributed by atoms with Crippen molar-refractivity contribution in [2.45, 2.75) is 32.0 Å². The van der Waals surface area contributed by atoms with E-state index in [9.17, 15) is 0 Å². The van der Waals surface area contributed by atoms with Gasteiger partial charge in [-0.25, -0.2) is 0 Å². The van der Waals surface area contributed by atoms with Gasteiger partial charge in [0.2, 0.25) is 0 Å². The summed E-state index contributed by atoms with van der Waals surface area (Å²) in [5.74, 6) is 1.41. The molecule has 2 aromatic rings. The first-order valence-electron chi connectivity index (χ1n) is 7.14. The van der Waals surface area contributed by atoms with E-state index in [4.69, 9.17) is 21.4 Å². The molecular formula is C17H18ClNO2. The Morgan fingerprint density at radius 3 is 2.57 bits per heavy atom. The normalized spacial score (nSPS) is 14.2.